The van der Waals surface area contributed by atoms with Gasteiger partial charge in [0.25, 0.3) is 0 Å². The molecule has 2 aromatic rings. The van der Waals surface area contributed by atoms with Gasteiger partial charge in [-0.25, -0.2) is 9.97 Å². The summed E-state index contributed by atoms with van der Waals surface area (Å²) in [7, 11) is 5.68. The number of fused-ring (bicyclic) bond motifs is 1. The summed E-state index contributed by atoms with van der Waals surface area (Å²) in [6, 6.07) is 2.19. The first-order valence-corrected chi connectivity index (χ1v) is 9.72. The maximum absolute atomic E-state index is 5.73. The van der Waals surface area contributed by atoms with Crippen molar-refractivity contribution in [1.29, 1.82) is 0 Å². The third-order valence-corrected chi connectivity index (χ3v) is 5.46. The van der Waals surface area contributed by atoms with Crippen LogP contribution in [-0.4, -0.2) is 66.4 Å². The summed E-state index contributed by atoms with van der Waals surface area (Å²) in [5, 5.41) is 3.63. The zero-order valence-corrected chi connectivity index (χ0v) is 16.4. The molecule has 1 saturated heterocycles. The Kier molecular flexibility index (Phi) is 5.27. The molecule has 0 aromatic carbocycles. The van der Waals surface area contributed by atoms with Crippen LogP contribution in [0.15, 0.2) is 12.3 Å². The SMILES string of the molecule is CO[C@@H]1CN(c2ccnc(N(C)C)n2)C[C@@H]1NCc1nc2c([nH]1)CCCC2. The zero-order valence-electron chi connectivity index (χ0n) is 16.4. The summed E-state index contributed by atoms with van der Waals surface area (Å²) in [4.78, 5) is 21.4. The molecule has 0 bridgehead atoms. The highest BCUT2D eigenvalue weighted by atomic mass is 16.5. The highest BCUT2D eigenvalue weighted by Gasteiger charge is 2.33. The Hall–Kier alpha value is -2.19. The smallest absolute Gasteiger partial charge is 0.226 e. The first-order valence-electron chi connectivity index (χ1n) is 9.72. The summed E-state index contributed by atoms with van der Waals surface area (Å²) in [5.41, 5.74) is 2.58. The molecule has 2 atom stereocenters. The molecule has 2 N–H and O–H groups in total. The van der Waals surface area contributed by atoms with Gasteiger partial charge in [0.1, 0.15) is 11.6 Å². The van der Waals surface area contributed by atoms with E-state index in [1.165, 1.54) is 24.2 Å². The molecule has 8 heteroatoms. The topological polar surface area (TPSA) is 82.2 Å². The van der Waals surface area contributed by atoms with Crippen molar-refractivity contribution in [3.8, 4) is 0 Å². The molecule has 0 unspecified atom stereocenters. The first-order chi connectivity index (χ1) is 13.1. The molecule has 0 radical (unpaired) electrons. The number of aryl methyl sites for hydroxylation is 2. The van der Waals surface area contributed by atoms with Gasteiger partial charge in [-0.3, -0.25) is 0 Å². The van der Waals surface area contributed by atoms with Crippen molar-refractivity contribution in [1.82, 2.24) is 25.3 Å². The van der Waals surface area contributed by atoms with E-state index in [-0.39, 0.29) is 12.1 Å². The lowest BCUT2D eigenvalue weighted by Crippen LogP contribution is -2.39. The number of nitrogens with one attached hydrogen (secondary N) is 2. The molecule has 0 amide bonds. The number of aromatic nitrogens is 4. The standard InChI is InChI=1S/C19H29N7O/c1-25(2)19-20-9-8-18(24-19)26-11-15(16(12-26)27-3)21-10-17-22-13-6-4-5-7-14(13)23-17/h8-9,15-16,21H,4-7,10-12H2,1-3H3,(H,22,23)/t15-,16+/m0/s1. The number of imidazole rings is 1. The molecular formula is C19H29N7O. The molecule has 1 aliphatic carbocycles. The van der Waals surface area contributed by atoms with Gasteiger partial charge < -0.3 is 24.8 Å². The number of methoxy groups -OCH3 is 1. The van der Waals surface area contributed by atoms with Gasteiger partial charge in [0.2, 0.25) is 5.95 Å². The lowest BCUT2D eigenvalue weighted by atomic mass is 10.0. The molecule has 2 aromatic heterocycles. The van der Waals surface area contributed by atoms with Crippen LogP contribution in [0.3, 0.4) is 0 Å². The zero-order chi connectivity index (χ0) is 18.8. The molecule has 146 valence electrons. The predicted octanol–water partition coefficient (Wildman–Crippen LogP) is 1.14. The minimum absolute atomic E-state index is 0.118. The summed E-state index contributed by atoms with van der Waals surface area (Å²) >= 11 is 0. The van der Waals surface area contributed by atoms with E-state index in [4.69, 9.17) is 9.72 Å². The Morgan fingerprint density at radius 2 is 2.11 bits per heavy atom. The second kappa shape index (κ2) is 7.82. The molecule has 0 saturated carbocycles. The van der Waals surface area contributed by atoms with E-state index < -0.39 is 0 Å². The normalized spacial score (nSPS) is 22.1. The van der Waals surface area contributed by atoms with Crippen LogP contribution >= 0.6 is 0 Å². The van der Waals surface area contributed by atoms with Crippen LogP contribution in [0.2, 0.25) is 0 Å². The highest BCUT2D eigenvalue weighted by molar-refractivity contribution is 5.45. The van der Waals surface area contributed by atoms with Gasteiger partial charge in [-0.15, -0.1) is 0 Å². The van der Waals surface area contributed by atoms with Crippen molar-refractivity contribution in [2.75, 3.05) is 44.1 Å². The minimum Gasteiger partial charge on any atom is -0.378 e. The van der Waals surface area contributed by atoms with Crippen molar-refractivity contribution in [2.24, 2.45) is 0 Å². The molecule has 8 nitrogen and oxygen atoms in total. The van der Waals surface area contributed by atoms with Crippen molar-refractivity contribution >= 4 is 11.8 Å². The summed E-state index contributed by atoms with van der Waals surface area (Å²) < 4.78 is 5.73. The average molecular weight is 371 g/mol. The predicted molar refractivity (Wildman–Crippen MR) is 105 cm³/mol. The third-order valence-electron chi connectivity index (χ3n) is 5.46. The van der Waals surface area contributed by atoms with E-state index in [0.29, 0.717) is 0 Å². The molecular weight excluding hydrogens is 342 g/mol. The monoisotopic (exact) mass is 371 g/mol. The first kappa shape index (κ1) is 18.2. The summed E-state index contributed by atoms with van der Waals surface area (Å²) in [6.07, 6.45) is 6.68. The van der Waals surface area contributed by atoms with Gasteiger partial charge in [0.05, 0.1) is 24.4 Å². The molecule has 4 rings (SSSR count). The maximum atomic E-state index is 5.73. The van der Waals surface area contributed by atoms with Gasteiger partial charge in [-0.05, 0) is 31.7 Å². The number of aromatic amines is 1. The quantitative estimate of drug-likeness (QED) is 0.788. The number of rotatable bonds is 6. The Labute approximate surface area is 160 Å². The number of H-pyrrole nitrogens is 1. The lowest BCUT2D eigenvalue weighted by Gasteiger charge is -2.19. The van der Waals surface area contributed by atoms with Gasteiger partial charge >= 0.3 is 0 Å². The Bertz CT molecular complexity index is 752. The van der Waals surface area contributed by atoms with Crippen LogP contribution in [0.1, 0.15) is 30.1 Å². The fourth-order valence-electron chi connectivity index (χ4n) is 3.95. The van der Waals surface area contributed by atoms with Crippen LogP contribution in [0.5, 0.6) is 0 Å². The fourth-order valence-corrected chi connectivity index (χ4v) is 3.95. The number of hydrogen-bond donors (Lipinski definition) is 2. The molecule has 1 aliphatic heterocycles. The van der Waals surface area contributed by atoms with Gasteiger partial charge in [-0.2, -0.15) is 4.98 Å². The number of ether oxygens (including phenoxy) is 1. The Balaban J connectivity index is 1.41. The maximum Gasteiger partial charge on any atom is 0.226 e. The largest absolute Gasteiger partial charge is 0.378 e. The Morgan fingerprint density at radius 1 is 1.26 bits per heavy atom. The molecule has 27 heavy (non-hydrogen) atoms. The number of nitrogens with zero attached hydrogens (tertiary/aromatic N) is 5. The lowest BCUT2D eigenvalue weighted by molar-refractivity contribution is 0.0964. The van der Waals surface area contributed by atoms with E-state index in [2.05, 4.69) is 25.2 Å². The van der Waals surface area contributed by atoms with Crippen LogP contribution < -0.4 is 15.1 Å². The van der Waals surface area contributed by atoms with E-state index in [9.17, 15) is 0 Å². The van der Waals surface area contributed by atoms with Crippen molar-refractivity contribution < 1.29 is 4.74 Å². The third kappa shape index (κ3) is 3.91. The van der Waals surface area contributed by atoms with Gasteiger partial charge in [-0.1, -0.05) is 0 Å². The van der Waals surface area contributed by atoms with Gasteiger partial charge in [0.15, 0.2) is 0 Å². The fraction of sp³-hybridized carbons (Fsp3) is 0.632. The molecule has 2 aliphatic rings. The van der Waals surface area contributed by atoms with E-state index in [1.807, 2.05) is 31.3 Å². The van der Waals surface area contributed by atoms with Crippen molar-refractivity contribution in [2.45, 2.75) is 44.4 Å². The molecule has 1 fully saturated rings. The minimum atomic E-state index is 0.118. The van der Waals surface area contributed by atoms with Gasteiger partial charge in [0, 0.05) is 46.2 Å². The second-order valence-electron chi connectivity index (χ2n) is 7.59. The van der Waals surface area contributed by atoms with E-state index in [0.717, 1.165) is 50.1 Å². The van der Waals surface area contributed by atoms with Crippen LogP contribution in [-0.2, 0) is 24.1 Å². The summed E-state index contributed by atoms with van der Waals surface area (Å²) in [6.45, 7) is 2.40. The van der Waals surface area contributed by atoms with E-state index >= 15 is 0 Å². The molecule has 3 heterocycles. The number of hydrogen-bond acceptors (Lipinski definition) is 7. The Morgan fingerprint density at radius 3 is 2.89 bits per heavy atom. The average Bonchev–Trinajstić information content (AvgIpc) is 3.29. The molecule has 0 spiro atoms. The second-order valence-corrected chi connectivity index (χ2v) is 7.59. The number of anilines is 2. The van der Waals surface area contributed by atoms with Crippen molar-refractivity contribution in [3.05, 3.63) is 29.5 Å². The van der Waals surface area contributed by atoms with E-state index in [1.54, 1.807) is 7.11 Å². The van der Waals surface area contributed by atoms with Crippen molar-refractivity contribution in [3.63, 3.8) is 0 Å². The van der Waals surface area contributed by atoms with Crippen LogP contribution in [0.4, 0.5) is 11.8 Å². The highest BCUT2D eigenvalue weighted by Crippen LogP contribution is 2.22. The van der Waals surface area contributed by atoms with Crippen LogP contribution in [0, 0.1) is 0 Å². The summed E-state index contributed by atoms with van der Waals surface area (Å²) in [5.74, 6) is 2.69. The van der Waals surface area contributed by atoms with Crippen LogP contribution in [0.25, 0.3) is 0 Å².